The van der Waals surface area contributed by atoms with Crippen LogP contribution in [-0.2, 0) is 10.0 Å². The van der Waals surface area contributed by atoms with Crippen LogP contribution >= 0.6 is 0 Å². The third-order valence-corrected chi connectivity index (χ3v) is 7.97. The van der Waals surface area contributed by atoms with Gasteiger partial charge in [0, 0.05) is 5.56 Å². The summed E-state index contributed by atoms with van der Waals surface area (Å²) in [7, 11) is -3.85. The molecule has 1 aliphatic heterocycles. The molecule has 6 heteroatoms. The summed E-state index contributed by atoms with van der Waals surface area (Å²) in [6.07, 6.45) is 0. The number of rotatable bonds is 5. The minimum atomic E-state index is -3.85. The number of amidine groups is 1. The van der Waals surface area contributed by atoms with E-state index in [4.69, 9.17) is 5.10 Å². The summed E-state index contributed by atoms with van der Waals surface area (Å²) >= 11 is 0. The van der Waals surface area contributed by atoms with Gasteiger partial charge in [-0.15, -0.1) is 0 Å². The molecule has 0 fully saturated rings. The molecular weight excluding hydrogens is 454 g/mol. The molecule has 5 nitrogen and oxygen atoms in total. The van der Waals surface area contributed by atoms with Gasteiger partial charge in [0.2, 0.25) is 0 Å². The van der Waals surface area contributed by atoms with E-state index in [0.717, 1.165) is 27.9 Å². The van der Waals surface area contributed by atoms with Gasteiger partial charge in [-0.2, -0.15) is 5.10 Å². The van der Waals surface area contributed by atoms with Gasteiger partial charge in [-0.1, -0.05) is 96.1 Å². The molecule has 0 spiro atoms. The second kappa shape index (κ2) is 9.39. The van der Waals surface area contributed by atoms with Crippen LogP contribution in [0.25, 0.3) is 0 Å². The van der Waals surface area contributed by atoms with Crippen molar-refractivity contribution in [2.24, 2.45) is 5.10 Å². The van der Waals surface area contributed by atoms with Gasteiger partial charge in [0.1, 0.15) is 0 Å². The molecule has 0 aromatic heterocycles. The first-order valence-corrected chi connectivity index (χ1v) is 13.0. The van der Waals surface area contributed by atoms with Gasteiger partial charge in [-0.25, -0.2) is 12.7 Å². The van der Waals surface area contributed by atoms with Crippen LogP contribution in [0.4, 0.5) is 5.69 Å². The Morgan fingerprint density at radius 1 is 0.714 bits per heavy atom. The van der Waals surface area contributed by atoms with Crippen molar-refractivity contribution >= 4 is 21.5 Å². The van der Waals surface area contributed by atoms with Crippen molar-refractivity contribution in [2.75, 3.05) is 11.6 Å². The highest BCUT2D eigenvalue weighted by molar-refractivity contribution is 7.89. The fourth-order valence-corrected chi connectivity index (χ4v) is 5.68. The van der Waals surface area contributed by atoms with Gasteiger partial charge in [0.05, 0.1) is 23.2 Å². The molecule has 35 heavy (non-hydrogen) atoms. The Morgan fingerprint density at radius 3 is 1.86 bits per heavy atom. The fourth-order valence-electron chi connectivity index (χ4n) is 4.24. The van der Waals surface area contributed by atoms with E-state index in [2.05, 4.69) is 0 Å². The van der Waals surface area contributed by atoms with Crippen molar-refractivity contribution in [1.82, 2.24) is 4.31 Å². The molecule has 4 aromatic rings. The van der Waals surface area contributed by atoms with E-state index in [1.807, 2.05) is 116 Å². The van der Waals surface area contributed by atoms with Gasteiger partial charge in [-0.3, -0.25) is 5.01 Å². The molecule has 0 saturated heterocycles. The average Bonchev–Trinajstić information content (AvgIpc) is 2.90. The van der Waals surface area contributed by atoms with E-state index in [0.29, 0.717) is 5.84 Å². The number of benzene rings is 4. The van der Waals surface area contributed by atoms with Crippen LogP contribution in [0.3, 0.4) is 0 Å². The lowest BCUT2D eigenvalue weighted by molar-refractivity contribution is 0.454. The number of hydrogen-bond acceptors (Lipinski definition) is 4. The molecule has 1 aliphatic rings. The van der Waals surface area contributed by atoms with Crippen LogP contribution in [0.1, 0.15) is 28.3 Å². The summed E-state index contributed by atoms with van der Waals surface area (Å²) in [4.78, 5) is 0.252. The average molecular weight is 482 g/mol. The lowest BCUT2D eigenvalue weighted by Gasteiger charge is -2.40. The van der Waals surface area contributed by atoms with Crippen molar-refractivity contribution < 1.29 is 8.42 Å². The van der Waals surface area contributed by atoms with Crippen LogP contribution in [-0.4, -0.2) is 25.1 Å². The first-order chi connectivity index (χ1) is 16.9. The maximum Gasteiger partial charge on any atom is 0.265 e. The van der Waals surface area contributed by atoms with E-state index in [1.165, 1.54) is 4.31 Å². The van der Waals surface area contributed by atoms with Gasteiger partial charge >= 0.3 is 0 Å². The standard InChI is InChI=1S/C29H27N3O2S/c1-22-13-17-26(18-14-22)32-28(24-9-5-3-6-10-24)21-31(29(30-32)25-11-7-4-8-12-25)35(33,34)27-19-15-23(2)16-20-27/h3-20,28H,21H2,1-2H3. The summed E-state index contributed by atoms with van der Waals surface area (Å²) in [5, 5.41) is 6.94. The summed E-state index contributed by atoms with van der Waals surface area (Å²) in [6.45, 7) is 4.21. The minimum absolute atomic E-state index is 0.224. The van der Waals surface area contributed by atoms with Gasteiger partial charge < -0.3 is 0 Å². The topological polar surface area (TPSA) is 53.0 Å². The molecule has 1 heterocycles. The summed E-state index contributed by atoms with van der Waals surface area (Å²) in [6, 6.07) is 34.3. The minimum Gasteiger partial charge on any atom is -0.254 e. The maximum absolute atomic E-state index is 14.0. The Morgan fingerprint density at radius 2 is 1.26 bits per heavy atom. The molecule has 0 aliphatic carbocycles. The summed E-state index contributed by atoms with van der Waals surface area (Å²) in [5.41, 5.74) is 4.80. The number of hydrazone groups is 1. The number of aryl methyl sites for hydroxylation is 2. The molecule has 5 rings (SSSR count). The lowest BCUT2D eigenvalue weighted by atomic mass is 10.0. The second-order valence-electron chi connectivity index (χ2n) is 8.75. The molecule has 0 radical (unpaired) electrons. The lowest BCUT2D eigenvalue weighted by Crippen LogP contribution is -2.48. The predicted octanol–water partition coefficient (Wildman–Crippen LogP) is 5.92. The number of anilines is 1. The van der Waals surface area contributed by atoms with E-state index in [9.17, 15) is 8.42 Å². The van der Waals surface area contributed by atoms with Crippen LogP contribution in [0, 0.1) is 13.8 Å². The van der Waals surface area contributed by atoms with Crippen molar-refractivity contribution in [1.29, 1.82) is 0 Å². The van der Waals surface area contributed by atoms with Crippen LogP contribution in [0.5, 0.6) is 0 Å². The van der Waals surface area contributed by atoms with E-state index >= 15 is 0 Å². The first-order valence-electron chi connectivity index (χ1n) is 11.6. The SMILES string of the molecule is Cc1ccc(N2N=C(c3ccccc3)N(S(=O)(=O)c3ccc(C)cc3)CC2c2ccccc2)cc1. The van der Waals surface area contributed by atoms with Gasteiger partial charge in [0.15, 0.2) is 5.84 Å². The zero-order valence-corrected chi connectivity index (χ0v) is 20.6. The molecule has 0 bridgehead atoms. The number of hydrogen-bond donors (Lipinski definition) is 0. The van der Waals surface area contributed by atoms with E-state index in [1.54, 1.807) is 12.1 Å². The molecule has 0 saturated carbocycles. The largest absolute Gasteiger partial charge is 0.265 e. The second-order valence-corrected chi connectivity index (χ2v) is 10.6. The van der Waals surface area contributed by atoms with Gasteiger partial charge in [0.25, 0.3) is 10.0 Å². The Kier molecular flexibility index (Phi) is 6.14. The third-order valence-electron chi connectivity index (χ3n) is 6.20. The zero-order valence-electron chi connectivity index (χ0n) is 19.7. The van der Waals surface area contributed by atoms with Crippen molar-refractivity contribution in [3.05, 3.63) is 131 Å². The third kappa shape index (κ3) is 4.57. The smallest absolute Gasteiger partial charge is 0.254 e. The Hall–Kier alpha value is -3.90. The zero-order chi connectivity index (χ0) is 24.4. The summed E-state index contributed by atoms with van der Waals surface area (Å²) in [5.74, 6) is 0.402. The maximum atomic E-state index is 14.0. The van der Waals surface area contributed by atoms with Crippen LogP contribution < -0.4 is 5.01 Å². The normalized spacial score (nSPS) is 16.2. The number of nitrogens with zero attached hydrogens (tertiary/aromatic N) is 3. The monoisotopic (exact) mass is 481 g/mol. The highest BCUT2D eigenvalue weighted by Crippen LogP contribution is 2.35. The Bertz CT molecular complexity index is 1430. The van der Waals surface area contributed by atoms with Crippen LogP contribution in [0.15, 0.2) is 119 Å². The molecule has 1 unspecified atom stereocenters. The molecule has 0 N–H and O–H groups in total. The molecule has 4 aromatic carbocycles. The predicted molar refractivity (Wildman–Crippen MR) is 141 cm³/mol. The molecule has 1 atom stereocenters. The fraction of sp³-hybridized carbons (Fsp3) is 0.138. The molecule has 0 amide bonds. The van der Waals surface area contributed by atoms with Crippen molar-refractivity contribution in [3.8, 4) is 0 Å². The number of sulfonamides is 1. The highest BCUT2D eigenvalue weighted by Gasteiger charge is 2.38. The van der Waals surface area contributed by atoms with Gasteiger partial charge in [-0.05, 0) is 43.7 Å². The summed E-state index contributed by atoms with van der Waals surface area (Å²) < 4.78 is 29.4. The van der Waals surface area contributed by atoms with Crippen molar-refractivity contribution in [3.63, 3.8) is 0 Å². The van der Waals surface area contributed by atoms with Crippen LogP contribution in [0.2, 0.25) is 0 Å². The molecule has 176 valence electrons. The van der Waals surface area contributed by atoms with Crippen molar-refractivity contribution in [2.45, 2.75) is 24.8 Å². The highest BCUT2D eigenvalue weighted by atomic mass is 32.2. The molecular formula is C29H27N3O2S. The Balaban J connectivity index is 1.71. The quantitative estimate of drug-likeness (QED) is 0.356. The van der Waals surface area contributed by atoms with E-state index < -0.39 is 10.0 Å². The first kappa shape index (κ1) is 22.9. The van der Waals surface area contributed by atoms with E-state index in [-0.39, 0.29) is 17.5 Å². The Labute approximate surface area is 207 Å².